The van der Waals surface area contributed by atoms with Crippen LogP contribution in [0.4, 0.5) is 5.69 Å². The first kappa shape index (κ1) is 23.7. The van der Waals surface area contributed by atoms with E-state index in [0.717, 1.165) is 43.7 Å². The molecule has 1 fully saturated rings. The molecule has 0 aliphatic carbocycles. The summed E-state index contributed by atoms with van der Waals surface area (Å²) in [7, 11) is 1.39. The highest BCUT2D eigenvalue weighted by Crippen LogP contribution is 2.29. The number of methoxy groups -OCH3 is 1. The van der Waals surface area contributed by atoms with Crippen LogP contribution in [0.15, 0.2) is 78.9 Å². The third kappa shape index (κ3) is 6.55. The third-order valence-electron chi connectivity index (χ3n) is 6.51. The molecule has 4 rings (SSSR count). The van der Waals surface area contributed by atoms with Crippen molar-refractivity contribution in [3.05, 3.63) is 101 Å². The maximum atomic E-state index is 12.9. The molecular weight excluding hydrogens is 424 g/mol. The summed E-state index contributed by atoms with van der Waals surface area (Å²) in [6.45, 7) is 3.13. The molecule has 3 aromatic carbocycles. The Bertz CT molecular complexity index is 1090. The van der Waals surface area contributed by atoms with Crippen molar-refractivity contribution in [1.82, 2.24) is 4.90 Å². The van der Waals surface area contributed by atoms with E-state index in [2.05, 4.69) is 51.4 Å². The van der Waals surface area contributed by atoms with E-state index < -0.39 is 0 Å². The van der Waals surface area contributed by atoms with Gasteiger partial charge in [0, 0.05) is 24.2 Å². The molecule has 0 aromatic heterocycles. The lowest BCUT2D eigenvalue weighted by molar-refractivity contribution is -0.140. The number of rotatable bonds is 8. The Morgan fingerprint density at radius 1 is 0.912 bits per heavy atom. The second kappa shape index (κ2) is 11.6. The molecule has 34 heavy (non-hydrogen) atoms. The van der Waals surface area contributed by atoms with Gasteiger partial charge < -0.3 is 10.1 Å². The van der Waals surface area contributed by atoms with Gasteiger partial charge in [-0.05, 0) is 79.2 Å². The van der Waals surface area contributed by atoms with Gasteiger partial charge in [-0.3, -0.25) is 14.5 Å². The van der Waals surface area contributed by atoms with E-state index in [0.29, 0.717) is 24.3 Å². The number of hydrogen-bond acceptors (Lipinski definition) is 4. The van der Waals surface area contributed by atoms with Crippen molar-refractivity contribution in [2.24, 2.45) is 0 Å². The van der Waals surface area contributed by atoms with Crippen LogP contribution in [-0.4, -0.2) is 37.0 Å². The standard InChI is InChI=1S/C29H32N2O3/c1-34-28(32)15-12-22-10-13-27(14-11-22)30-29(33)26-9-5-8-25(20-26)24-16-18-31(19-17-24)21-23-6-3-2-4-7-23/h2-11,13-14,20,24H,12,15-19,21H2,1H3,(H,30,33). The second-order valence-corrected chi connectivity index (χ2v) is 8.89. The van der Waals surface area contributed by atoms with Gasteiger partial charge in [0.15, 0.2) is 0 Å². The smallest absolute Gasteiger partial charge is 0.305 e. The van der Waals surface area contributed by atoms with Crippen LogP contribution >= 0.6 is 0 Å². The fraction of sp³-hybridized carbons (Fsp3) is 0.310. The van der Waals surface area contributed by atoms with Gasteiger partial charge in [0.05, 0.1) is 7.11 Å². The number of hydrogen-bond donors (Lipinski definition) is 1. The van der Waals surface area contributed by atoms with Crippen LogP contribution in [0, 0.1) is 0 Å². The fourth-order valence-corrected chi connectivity index (χ4v) is 4.51. The number of benzene rings is 3. The summed E-state index contributed by atoms with van der Waals surface area (Å²) in [6.07, 6.45) is 3.17. The van der Waals surface area contributed by atoms with E-state index in [1.165, 1.54) is 18.2 Å². The second-order valence-electron chi connectivity index (χ2n) is 8.89. The number of aryl methyl sites for hydroxylation is 1. The van der Waals surface area contributed by atoms with Gasteiger partial charge in [0.2, 0.25) is 0 Å². The lowest BCUT2D eigenvalue weighted by atomic mass is 9.88. The van der Waals surface area contributed by atoms with Gasteiger partial charge in [-0.2, -0.15) is 0 Å². The molecule has 1 saturated heterocycles. The quantitative estimate of drug-likeness (QED) is 0.460. The topological polar surface area (TPSA) is 58.6 Å². The zero-order chi connectivity index (χ0) is 23.8. The molecule has 0 radical (unpaired) electrons. The summed E-state index contributed by atoms with van der Waals surface area (Å²) in [4.78, 5) is 26.7. The van der Waals surface area contributed by atoms with Crippen LogP contribution in [0.5, 0.6) is 0 Å². The number of ether oxygens (including phenoxy) is 1. The molecule has 176 valence electrons. The molecule has 5 heteroatoms. The minimum Gasteiger partial charge on any atom is -0.469 e. The van der Waals surface area contributed by atoms with Gasteiger partial charge in [0.1, 0.15) is 0 Å². The van der Waals surface area contributed by atoms with Crippen LogP contribution < -0.4 is 5.32 Å². The Kier molecular flexibility index (Phi) is 8.10. The van der Waals surface area contributed by atoms with E-state index in [9.17, 15) is 9.59 Å². The minimum absolute atomic E-state index is 0.106. The van der Waals surface area contributed by atoms with E-state index in [1.807, 2.05) is 42.5 Å². The zero-order valence-electron chi connectivity index (χ0n) is 19.7. The van der Waals surface area contributed by atoms with Crippen molar-refractivity contribution in [2.45, 2.75) is 38.1 Å². The molecule has 1 N–H and O–H groups in total. The molecule has 0 unspecified atom stereocenters. The lowest BCUT2D eigenvalue weighted by Crippen LogP contribution is -2.32. The molecule has 0 saturated carbocycles. The molecule has 0 spiro atoms. The molecule has 1 amide bonds. The Hall–Kier alpha value is -3.44. The van der Waals surface area contributed by atoms with Crippen molar-refractivity contribution in [3.8, 4) is 0 Å². The number of piperidine rings is 1. The summed E-state index contributed by atoms with van der Waals surface area (Å²) in [5.41, 5.74) is 5.05. The Morgan fingerprint density at radius 3 is 2.35 bits per heavy atom. The zero-order valence-corrected chi connectivity index (χ0v) is 19.7. The van der Waals surface area contributed by atoms with Gasteiger partial charge >= 0.3 is 5.97 Å². The van der Waals surface area contributed by atoms with Crippen LogP contribution in [0.1, 0.15) is 52.2 Å². The molecule has 3 aromatic rings. The third-order valence-corrected chi connectivity index (χ3v) is 6.51. The maximum Gasteiger partial charge on any atom is 0.305 e. The van der Waals surface area contributed by atoms with Gasteiger partial charge in [-0.1, -0.05) is 54.6 Å². The first-order valence-corrected chi connectivity index (χ1v) is 11.9. The highest BCUT2D eigenvalue weighted by Gasteiger charge is 2.21. The van der Waals surface area contributed by atoms with Crippen molar-refractivity contribution >= 4 is 17.6 Å². The van der Waals surface area contributed by atoms with Crippen molar-refractivity contribution in [1.29, 1.82) is 0 Å². The number of carbonyl (C=O) groups excluding carboxylic acids is 2. The highest BCUT2D eigenvalue weighted by atomic mass is 16.5. The number of esters is 1. The number of likely N-dealkylation sites (tertiary alicyclic amines) is 1. The SMILES string of the molecule is COC(=O)CCc1ccc(NC(=O)c2cccc(C3CCN(Cc4ccccc4)CC3)c2)cc1. The van der Waals surface area contributed by atoms with E-state index in [1.54, 1.807) is 0 Å². The largest absolute Gasteiger partial charge is 0.469 e. The van der Waals surface area contributed by atoms with E-state index in [-0.39, 0.29) is 11.9 Å². The molecule has 1 aliphatic rings. The number of carbonyl (C=O) groups is 2. The number of amides is 1. The van der Waals surface area contributed by atoms with E-state index >= 15 is 0 Å². The Labute approximate surface area is 201 Å². The fourth-order valence-electron chi connectivity index (χ4n) is 4.51. The molecule has 1 heterocycles. The first-order chi connectivity index (χ1) is 16.6. The van der Waals surface area contributed by atoms with Gasteiger partial charge in [-0.15, -0.1) is 0 Å². The predicted octanol–water partition coefficient (Wildman–Crippen LogP) is 5.42. The van der Waals surface area contributed by atoms with Crippen molar-refractivity contribution < 1.29 is 14.3 Å². The summed E-state index contributed by atoms with van der Waals surface area (Å²) >= 11 is 0. The molecule has 1 aliphatic heterocycles. The summed E-state index contributed by atoms with van der Waals surface area (Å²) in [5.74, 6) is 0.152. The first-order valence-electron chi connectivity index (χ1n) is 11.9. The van der Waals surface area contributed by atoms with Crippen molar-refractivity contribution in [3.63, 3.8) is 0 Å². The van der Waals surface area contributed by atoms with Crippen LogP contribution in [0.25, 0.3) is 0 Å². The Morgan fingerprint density at radius 2 is 1.65 bits per heavy atom. The monoisotopic (exact) mass is 456 g/mol. The maximum absolute atomic E-state index is 12.9. The van der Waals surface area contributed by atoms with Gasteiger partial charge in [-0.25, -0.2) is 0 Å². The molecular formula is C29H32N2O3. The van der Waals surface area contributed by atoms with Gasteiger partial charge in [0.25, 0.3) is 5.91 Å². The average molecular weight is 457 g/mol. The predicted molar refractivity (Wildman–Crippen MR) is 135 cm³/mol. The number of nitrogens with one attached hydrogen (secondary N) is 1. The van der Waals surface area contributed by atoms with Crippen molar-refractivity contribution in [2.75, 3.05) is 25.5 Å². The van der Waals surface area contributed by atoms with Crippen LogP contribution in [-0.2, 0) is 22.5 Å². The minimum atomic E-state index is -0.223. The number of nitrogens with zero attached hydrogens (tertiary/aromatic N) is 1. The lowest BCUT2D eigenvalue weighted by Gasteiger charge is -2.32. The van der Waals surface area contributed by atoms with E-state index in [4.69, 9.17) is 0 Å². The molecule has 5 nitrogen and oxygen atoms in total. The van der Waals surface area contributed by atoms with Crippen LogP contribution in [0.2, 0.25) is 0 Å². The molecule has 0 bridgehead atoms. The normalized spacial score (nSPS) is 14.5. The number of anilines is 1. The summed E-state index contributed by atoms with van der Waals surface area (Å²) in [5, 5.41) is 2.99. The summed E-state index contributed by atoms with van der Waals surface area (Å²) < 4.78 is 4.68. The van der Waals surface area contributed by atoms with Crippen LogP contribution in [0.3, 0.4) is 0 Å². The molecule has 0 atom stereocenters. The Balaban J connectivity index is 1.31. The highest BCUT2D eigenvalue weighted by molar-refractivity contribution is 6.04. The average Bonchev–Trinajstić information content (AvgIpc) is 2.89. The summed E-state index contributed by atoms with van der Waals surface area (Å²) in [6, 6.07) is 26.3.